The Morgan fingerprint density at radius 1 is 1.58 bits per heavy atom. The molecule has 0 fully saturated rings. The SMILES string of the molecule is CCSc1nc2c(F)c(Cl)n3cncc3c2c(=O)[nH]1. The van der Waals surface area contributed by atoms with Gasteiger partial charge in [-0.3, -0.25) is 9.20 Å². The van der Waals surface area contributed by atoms with E-state index < -0.39 is 11.4 Å². The zero-order valence-electron chi connectivity index (χ0n) is 9.78. The molecule has 0 unspecified atom stereocenters. The molecule has 0 saturated heterocycles. The number of imidazole rings is 1. The summed E-state index contributed by atoms with van der Waals surface area (Å²) in [5, 5.41) is 0.393. The Labute approximate surface area is 115 Å². The molecule has 8 heteroatoms. The summed E-state index contributed by atoms with van der Waals surface area (Å²) in [6.45, 7) is 1.92. The lowest BCUT2D eigenvalue weighted by atomic mass is 10.2. The molecule has 0 aliphatic rings. The number of thioether (sulfide) groups is 1. The van der Waals surface area contributed by atoms with Gasteiger partial charge in [0.25, 0.3) is 5.56 Å². The van der Waals surface area contributed by atoms with Crippen molar-refractivity contribution in [3.05, 3.63) is 33.8 Å². The van der Waals surface area contributed by atoms with Gasteiger partial charge in [0.1, 0.15) is 11.8 Å². The fourth-order valence-corrected chi connectivity index (χ4v) is 2.71. The number of H-pyrrole nitrogens is 1. The Morgan fingerprint density at radius 3 is 3.11 bits per heavy atom. The zero-order valence-corrected chi connectivity index (χ0v) is 11.3. The lowest BCUT2D eigenvalue weighted by Crippen LogP contribution is -2.12. The largest absolute Gasteiger partial charge is 0.301 e. The molecule has 3 aromatic heterocycles. The van der Waals surface area contributed by atoms with Crippen LogP contribution in [0.3, 0.4) is 0 Å². The molecule has 1 N–H and O–H groups in total. The quantitative estimate of drug-likeness (QED) is 0.448. The molecule has 0 radical (unpaired) electrons. The zero-order chi connectivity index (χ0) is 13.6. The molecule has 0 spiro atoms. The van der Waals surface area contributed by atoms with Crippen LogP contribution in [-0.2, 0) is 0 Å². The van der Waals surface area contributed by atoms with Gasteiger partial charge in [-0.15, -0.1) is 0 Å². The van der Waals surface area contributed by atoms with Gasteiger partial charge >= 0.3 is 0 Å². The summed E-state index contributed by atoms with van der Waals surface area (Å²) < 4.78 is 15.5. The highest BCUT2D eigenvalue weighted by Crippen LogP contribution is 2.26. The van der Waals surface area contributed by atoms with Gasteiger partial charge in [0, 0.05) is 0 Å². The predicted molar refractivity (Wildman–Crippen MR) is 72.5 cm³/mol. The highest BCUT2D eigenvalue weighted by molar-refractivity contribution is 7.99. The summed E-state index contributed by atoms with van der Waals surface area (Å²) in [5.41, 5.74) is 0.00270. The Kier molecular flexibility index (Phi) is 2.94. The highest BCUT2D eigenvalue weighted by atomic mass is 35.5. The van der Waals surface area contributed by atoms with Crippen molar-refractivity contribution < 1.29 is 4.39 Å². The average Bonchev–Trinajstić information content (AvgIpc) is 2.85. The fraction of sp³-hybridized carbons (Fsp3) is 0.182. The first kappa shape index (κ1) is 12.4. The number of hydrogen-bond acceptors (Lipinski definition) is 4. The summed E-state index contributed by atoms with van der Waals surface area (Å²) in [4.78, 5) is 22.7. The van der Waals surface area contributed by atoms with Crippen LogP contribution in [0.1, 0.15) is 6.92 Å². The second-order valence-electron chi connectivity index (χ2n) is 3.78. The minimum atomic E-state index is -0.716. The third-order valence-electron chi connectivity index (χ3n) is 2.67. The van der Waals surface area contributed by atoms with Crippen molar-refractivity contribution >= 4 is 39.8 Å². The van der Waals surface area contributed by atoms with Gasteiger partial charge in [-0.05, 0) is 5.75 Å². The van der Waals surface area contributed by atoms with Gasteiger partial charge in [-0.2, -0.15) is 0 Å². The van der Waals surface area contributed by atoms with Crippen molar-refractivity contribution in [3.63, 3.8) is 0 Å². The van der Waals surface area contributed by atoms with Crippen molar-refractivity contribution in [3.8, 4) is 0 Å². The van der Waals surface area contributed by atoms with E-state index >= 15 is 0 Å². The van der Waals surface area contributed by atoms with Gasteiger partial charge in [0.2, 0.25) is 0 Å². The predicted octanol–water partition coefficient (Wildman–Crippen LogP) is 2.48. The van der Waals surface area contributed by atoms with Crippen molar-refractivity contribution in [2.45, 2.75) is 12.1 Å². The Hall–Kier alpha value is -1.60. The first-order chi connectivity index (χ1) is 9.13. The third-order valence-corrected chi connectivity index (χ3v) is 3.78. The molecule has 0 aliphatic heterocycles. The lowest BCUT2D eigenvalue weighted by Gasteiger charge is -2.06. The maximum Gasteiger partial charge on any atom is 0.261 e. The summed E-state index contributed by atoms with van der Waals surface area (Å²) in [6, 6.07) is 0. The number of fused-ring (bicyclic) bond motifs is 3. The fourth-order valence-electron chi connectivity index (χ4n) is 1.89. The van der Waals surface area contributed by atoms with E-state index in [2.05, 4.69) is 15.0 Å². The lowest BCUT2D eigenvalue weighted by molar-refractivity contribution is 0.627. The Morgan fingerprint density at radius 2 is 2.37 bits per heavy atom. The molecule has 98 valence electrons. The molecule has 0 atom stereocenters. The summed E-state index contributed by atoms with van der Waals surface area (Å²) >= 11 is 7.24. The smallest absolute Gasteiger partial charge is 0.261 e. The molecule has 0 amide bonds. The van der Waals surface area contributed by atoms with Crippen molar-refractivity contribution in [1.82, 2.24) is 19.4 Å². The summed E-state index contributed by atoms with van der Waals surface area (Å²) in [5.74, 6) is 0.00449. The van der Waals surface area contributed by atoms with Crippen LogP contribution in [0.15, 0.2) is 22.5 Å². The van der Waals surface area contributed by atoms with E-state index in [0.29, 0.717) is 10.7 Å². The minimum absolute atomic E-state index is 0.0299. The van der Waals surface area contributed by atoms with Gasteiger partial charge in [0.05, 0.1) is 17.1 Å². The second kappa shape index (κ2) is 4.50. The molecule has 3 rings (SSSR count). The number of halogens is 2. The number of hydrogen-bond donors (Lipinski definition) is 1. The van der Waals surface area contributed by atoms with Gasteiger partial charge in [-0.25, -0.2) is 14.4 Å². The number of aromatic nitrogens is 4. The monoisotopic (exact) mass is 298 g/mol. The molecule has 0 aliphatic carbocycles. The standard InChI is InChI=1S/C11H8ClFN4OS/c1-2-19-11-15-8-6(10(18)16-11)5-3-14-4-17(5)9(12)7(8)13/h3-4H,2H2,1H3,(H,15,16,18). The molecule has 5 nitrogen and oxygen atoms in total. The van der Waals surface area contributed by atoms with E-state index in [9.17, 15) is 9.18 Å². The maximum atomic E-state index is 14.2. The first-order valence-corrected chi connectivity index (χ1v) is 6.85. The molecular formula is C11H8ClFN4OS. The number of nitrogens with zero attached hydrogens (tertiary/aromatic N) is 3. The van der Waals surface area contributed by atoms with Crippen molar-refractivity contribution in [2.24, 2.45) is 0 Å². The van der Waals surface area contributed by atoms with E-state index in [-0.39, 0.29) is 16.1 Å². The number of pyridine rings is 1. The molecular weight excluding hydrogens is 291 g/mol. The molecule has 3 heterocycles. The van der Waals surface area contributed by atoms with E-state index in [1.54, 1.807) is 0 Å². The van der Waals surface area contributed by atoms with Gasteiger partial charge < -0.3 is 4.98 Å². The molecule has 0 bridgehead atoms. The van der Waals surface area contributed by atoms with Crippen molar-refractivity contribution in [1.29, 1.82) is 0 Å². The van der Waals surface area contributed by atoms with E-state index in [4.69, 9.17) is 11.6 Å². The maximum absolute atomic E-state index is 14.2. The van der Waals surface area contributed by atoms with E-state index in [1.807, 2.05) is 6.92 Å². The van der Waals surface area contributed by atoms with Crippen LogP contribution in [-0.4, -0.2) is 25.1 Å². The van der Waals surface area contributed by atoms with E-state index in [0.717, 1.165) is 5.75 Å². The summed E-state index contributed by atoms with van der Waals surface area (Å²) in [7, 11) is 0. The Balaban J connectivity index is 2.53. The van der Waals surface area contributed by atoms with Crippen LogP contribution < -0.4 is 5.56 Å². The van der Waals surface area contributed by atoms with Crippen LogP contribution >= 0.6 is 23.4 Å². The van der Waals surface area contributed by atoms with Crippen LogP contribution in [0.4, 0.5) is 4.39 Å². The molecule has 19 heavy (non-hydrogen) atoms. The first-order valence-electron chi connectivity index (χ1n) is 5.49. The van der Waals surface area contributed by atoms with Crippen LogP contribution in [0.5, 0.6) is 0 Å². The normalized spacial score (nSPS) is 11.5. The average molecular weight is 299 g/mol. The third kappa shape index (κ3) is 1.81. The second-order valence-corrected chi connectivity index (χ2v) is 5.39. The van der Waals surface area contributed by atoms with Crippen molar-refractivity contribution in [2.75, 3.05) is 5.75 Å². The summed E-state index contributed by atoms with van der Waals surface area (Å²) in [6.07, 6.45) is 2.81. The number of aromatic amines is 1. The minimum Gasteiger partial charge on any atom is -0.301 e. The molecule has 0 saturated carbocycles. The van der Waals surface area contributed by atoms with Crippen LogP contribution in [0.2, 0.25) is 5.15 Å². The molecule has 0 aromatic carbocycles. The Bertz CT molecular complexity index is 844. The van der Waals surface area contributed by atoms with Gasteiger partial charge in [0.15, 0.2) is 16.1 Å². The van der Waals surface area contributed by atoms with Crippen LogP contribution in [0.25, 0.3) is 16.4 Å². The molecule has 3 aromatic rings. The van der Waals surface area contributed by atoms with Crippen LogP contribution in [0, 0.1) is 5.82 Å². The van der Waals surface area contributed by atoms with E-state index in [1.165, 1.54) is 28.7 Å². The highest BCUT2D eigenvalue weighted by Gasteiger charge is 2.17. The van der Waals surface area contributed by atoms with Gasteiger partial charge in [-0.1, -0.05) is 30.3 Å². The number of rotatable bonds is 2. The number of nitrogens with one attached hydrogen (secondary N) is 1. The topological polar surface area (TPSA) is 63.1 Å².